The van der Waals surface area contributed by atoms with Crippen LogP contribution in [0.25, 0.3) is 0 Å². The molecule has 1 N–H and O–H groups in total. The lowest BCUT2D eigenvalue weighted by Crippen LogP contribution is -2.24. The smallest absolute Gasteiger partial charge is 0.322 e. The van der Waals surface area contributed by atoms with Crippen molar-refractivity contribution in [2.45, 2.75) is 6.42 Å². The van der Waals surface area contributed by atoms with Crippen LogP contribution in [0, 0.1) is 11.3 Å². The van der Waals surface area contributed by atoms with E-state index in [4.69, 9.17) is 5.26 Å². The van der Waals surface area contributed by atoms with Gasteiger partial charge < -0.3 is 9.57 Å². The molecule has 0 aromatic carbocycles. The van der Waals surface area contributed by atoms with Crippen molar-refractivity contribution in [1.82, 2.24) is 5.48 Å². The minimum atomic E-state index is -0.401. The first-order chi connectivity index (χ1) is 5.31. The maximum Gasteiger partial charge on any atom is 0.322 e. The minimum Gasteiger partial charge on any atom is -0.468 e. The molecule has 0 saturated heterocycles. The van der Waals surface area contributed by atoms with Gasteiger partial charge >= 0.3 is 5.97 Å². The molecule has 0 atom stereocenters. The van der Waals surface area contributed by atoms with E-state index < -0.39 is 5.97 Å². The first-order valence-corrected chi connectivity index (χ1v) is 3.09. The first-order valence-electron chi connectivity index (χ1n) is 3.09. The molecule has 5 heteroatoms. The number of rotatable bonds is 5. The van der Waals surface area contributed by atoms with Crippen LogP contribution >= 0.6 is 0 Å². The lowest BCUT2D eigenvalue weighted by molar-refractivity contribution is -0.142. The Morgan fingerprint density at radius 3 is 3.00 bits per heavy atom. The van der Waals surface area contributed by atoms with Crippen molar-refractivity contribution < 1.29 is 14.4 Å². The Bertz CT molecular complexity index is 152. The topological polar surface area (TPSA) is 71.3 Å². The van der Waals surface area contributed by atoms with Gasteiger partial charge in [-0.1, -0.05) is 0 Å². The van der Waals surface area contributed by atoms with Crippen LogP contribution in [0.5, 0.6) is 0 Å². The van der Waals surface area contributed by atoms with Crippen LogP contribution in [-0.2, 0) is 14.4 Å². The number of carbonyl (C=O) groups is 1. The van der Waals surface area contributed by atoms with Crippen molar-refractivity contribution in [3.63, 3.8) is 0 Å². The Morgan fingerprint density at radius 1 is 1.73 bits per heavy atom. The molecular weight excluding hydrogens is 148 g/mol. The zero-order chi connectivity index (χ0) is 8.53. The van der Waals surface area contributed by atoms with Gasteiger partial charge in [0.15, 0.2) is 0 Å². The van der Waals surface area contributed by atoms with Gasteiger partial charge in [-0.05, 0) is 0 Å². The lowest BCUT2D eigenvalue weighted by Gasteiger charge is -2.00. The molecule has 62 valence electrons. The number of nitriles is 1. The summed E-state index contributed by atoms with van der Waals surface area (Å²) in [7, 11) is 1.29. The normalized spacial score (nSPS) is 8.73. The fraction of sp³-hybridized carbons (Fsp3) is 0.667. The molecule has 11 heavy (non-hydrogen) atoms. The van der Waals surface area contributed by atoms with Gasteiger partial charge in [-0.25, -0.2) is 0 Å². The van der Waals surface area contributed by atoms with Gasteiger partial charge in [0.2, 0.25) is 0 Å². The lowest BCUT2D eigenvalue weighted by atomic mass is 10.5. The molecule has 5 nitrogen and oxygen atoms in total. The third-order valence-corrected chi connectivity index (χ3v) is 0.862. The van der Waals surface area contributed by atoms with E-state index in [0.717, 1.165) is 0 Å². The van der Waals surface area contributed by atoms with Gasteiger partial charge in [-0.15, -0.1) is 0 Å². The Labute approximate surface area is 64.8 Å². The van der Waals surface area contributed by atoms with Crippen molar-refractivity contribution in [3.8, 4) is 6.07 Å². The molecule has 0 unspecified atom stereocenters. The third kappa shape index (κ3) is 6.77. The standard InChI is InChI=1S/C6H10N2O3/c1-10-6(9)5-8-11-4-2-3-7/h8H,2,4-5H2,1H3. The van der Waals surface area contributed by atoms with Crippen molar-refractivity contribution >= 4 is 5.97 Å². The SMILES string of the molecule is COC(=O)CNOCCC#N. The fourth-order valence-electron chi connectivity index (χ4n) is 0.351. The van der Waals surface area contributed by atoms with Crippen LogP contribution in [0.4, 0.5) is 0 Å². The van der Waals surface area contributed by atoms with Crippen molar-refractivity contribution in [1.29, 1.82) is 5.26 Å². The molecule has 0 aliphatic heterocycles. The second kappa shape index (κ2) is 6.99. The van der Waals surface area contributed by atoms with Gasteiger partial charge in [0.1, 0.15) is 6.54 Å². The summed E-state index contributed by atoms with van der Waals surface area (Å²) >= 11 is 0. The molecule has 0 radical (unpaired) electrons. The number of nitrogens with one attached hydrogen (secondary N) is 1. The molecule has 0 saturated carbocycles. The molecule has 0 fully saturated rings. The molecule has 0 spiro atoms. The van der Waals surface area contributed by atoms with E-state index in [9.17, 15) is 4.79 Å². The second-order valence-corrected chi connectivity index (χ2v) is 1.65. The van der Waals surface area contributed by atoms with Gasteiger partial charge in [0, 0.05) is 0 Å². The summed E-state index contributed by atoms with van der Waals surface area (Å²) in [5, 5.41) is 8.07. The molecule has 0 aliphatic carbocycles. The predicted molar refractivity (Wildman–Crippen MR) is 36.2 cm³/mol. The van der Waals surface area contributed by atoms with Crippen LogP contribution < -0.4 is 5.48 Å². The molecule has 0 aliphatic rings. The van der Waals surface area contributed by atoms with E-state index in [-0.39, 0.29) is 13.2 Å². The van der Waals surface area contributed by atoms with Crippen molar-refractivity contribution in [3.05, 3.63) is 0 Å². The van der Waals surface area contributed by atoms with Crippen LogP contribution in [0.3, 0.4) is 0 Å². The van der Waals surface area contributed by atoms with Crippen molar-refractivity contribution in [2.75, 3.05) is 20.3 Å². The van der Waals surface area contributed by atoms with Gasteiger partial charge in [0.25, 0.3) is 0 Å². The summed E-state index contributed by atoms with van der Waals surface area (Å²) in [6.07, 6.45) is 0.300. The maximum atomic E-state index is 10.4. The molecule has 0 bridgehead atoms. The summed E-state index contributed by atoms with van der Waals surface area (Å²) in [5.41, 5.74) is 2.35. The van der Waals surface area contributed by atoms with E-state index in [1.54, 1.807) is 0 Å². The summed E-state index contributed by atoms with van der Waals surface area (Å²) in [6.45, 7) is 0.273. The number of esters is 1. The Balaban J connectivity index is 3.03. The van der Waals surface area contributed by atoms with E-state index >= 15 is 0 Å². The van der Waals surface area contributed by atoms with Crippen molar-refractivity contribution in [2.24, 2.45) is 0 Å². The number of methoxy groups -OCH3 is 1. The highest BCUT2D eigenvalue weighted by Gasteiger charge is 1.96. The number of nitrogens with zero attached hydrogens (tertiary/aromatic N) is 1. The van der Waals surface area contributed by atoms with Crippen LogP contribution in [0.2, 0.25) is 0 Å². The van der Waals surface area contributed by atoms with E-state index in [1.165, 1.54) is 7.11 Å². The highest BCUT2D eigenvalue weighted by atomic mass is 16.6. The minimum absolute atomic E-state index is 0.00191. The Morgan fingerprint density at radius 2 is 2.45 bits per heavy atom. The fourth-order valence-corrected chi connectivity index (χ4v) is 0.351. The average Bonchev–Trinajstić information content (AvgIpc) is 2.04. The number of hydrogen-bond donors (Lipinski definition) is 1. The van der Waals surface area contributed by atoms with E-state index in [2.05, 4.69) is 15.1 Å². The number of hydroxylamine groups is 1. The van der Waals surface area contributed by atoms with Crippen LogP contribution in [0.1, 0.15) is 6.42 Å². The Kier molecular flexibility index (Phi) is 6.28. The number of hydrogen-bond acceptors (Lipinski definition) is 5. The largest absolute Gasteiger partial charge is 0.468 e. The van der Waals surface area contributed by atoms with E-state index in [1.807, 2.05) is 6.07 Å². The first kappa shape index (κ1) is 9.88. The summed E-state index contributed by atoms with van der Waals surface area (Å²) in [4.78, 5) is 15.1. The average molecular weight is 158 g/mol. The van der Waals surface area contributed by atoms with E-state index in [0.29, 0.717) is 6.42 Å². The molecule has 0 heterocycles. The molecular formula is C6H10N2O3. The molecule has 0 amide bonds. The Hall–Kier alpha value is -1.12. The summed E-state index contributed by atoms with van der Waals surface area (Å²) in [5.74, 6) is -0.401. The van der Waals surface area contributed by atoms with Gasteiger partial charge in [0.05, 0.1) is 26.2 Å². The second-order valence-electron chi connectivity index (χ2n) is 1.65. The number of carbonyl (C=O) groups excluding carboxylic acids is 1. The molecule has 0 rings (SSSR count). The molecule has 0 aromatic rings. The highest BCUT2D eigenvalue weighted by molar-refractivity contribution is 5.71. The quantitative estimate of drug-likeness (QED) is 0.334. The number of ether oxygens (including phenoxy) is 1. The van der Waals surface area contributed by atoms with Gasteiger partial charge in [-0.2, -0.15) is 10.7 Å². The highest BCUT2D eigenvalue weighted by Crippen LogP contribution is 1.75. The zero-order valence-electron chi connectivity index (χ0n) is 6.29. The summed E-state index contributed by atoms with van der Waals surface area (Å²) in [6, 6.07) is 1.89. The molecule has 0 aromatic heterocycles. The summed E-state index contributed by atoms with van der Waals surface area (Å²) < 4.78 is 4.31. The monoisotopic (exact) mass is 158 g/mol. The third-order valence-electron chi connectivity index (χ3n) is 0.862. The maximum absolute atomic E-state index is 10.4. The zero-order valence-corrected chi connectivity index (χ0v) is 6.29. The predicted octanol–water partition coefficient (Wildman–Crippen LogP) is -0.406. The van der Waals surface area contributed by atoms with Crippen LogP contribution in [-0.4, -0.2) is 26.2 Å². The van der Waals surface area contributed by atoms with Gasteiger partial charge in [-0.3, -0.25) is 4.79 Å². The van der Waals surface area contributed by atoms with Crippen LogP contribution in [0.15, 0.2) is 0 Å².